The molecule has 7 N–H and O–H groups in total. The second-order valence-electron chi connectivity index (χ2n) is 7.98. The lowest BCUT2D eigenvalue weighted by atomic mass is 9.79. The van der Waals surface area contributed by atoms with Crippen molar-refractivity contribution in [3.63, 3.8) is 0 Å². The lowest BCUT2D eigenvalue weighted by Gasteiger charge is -2.39. The minimum atomic E-state index is -2.40. The molecule has 1 saturated carbocycles. The first kappa shape index (κ1) is 24.0. The summed E-state index contributed by atoms with van der Waals surface area (Å²) in [7, 11) is 0. The Morgan fingerprint density at radius 2 is 1.76 bits per heavy atom. The molecule has 0 bridgehead atoms. The Labute approximate surface area is 186 Å². The molecule has 4 atom stereocenters. The van der Waals surface area contributed by atoms with Gasteiger partial charge in [0.2, 0.25) is 5.43 Å². The highest BCUT2D eigenvalue weighted by molar-refractivity contribution is 5.99. The maximum Gasteiger partial charge on any atom is 0.335 e. The van der Waals surface area contributed by atoms with Crippen molar-refractivity contribution in [2.45, 2.75) is 43.7 Å². The van der Waals surface area contributed by atoms with Crippen LogP contribution in [-0.4, -0.2) is 71.6 Å². The van der Waals surface area contributed by atoms with Gasteiger partial charge in [-0.15, -0.1) is 0 Å². The maximum atomic E-state index is 12.4. The number of phenols is 2. The van der Waals surface area contributed by atoms with Crippen LogP contribution in [0, 0.1) is 6.92 Å². The average Bonchev–Trinajstić information content (AvgIpc) is 2.83. The summed E-state index contributed by atoms with van der Waals surface area (Å²) in [6.07, 6.45) is -4.12. The number of benzene rings is 1. The number of carboxylic acids is 1. The quantitative estimate of drug-likeness (QED) is 0.181. The third kappa shape index (κ3) is 4.60. The monoisotopic (exact) mass is 462 g/mol. The molecule has 1 aliphatic rings. The van der Waals surface area contributed by atoms with Gasteiger partial charge in [0.1, 0.15) is 12.2 Å². The SMILES string of the molecule is Cc1cc(O)c(=O)c2c(O)c(O)cc(/C=C/C(=O)OC3CC(O)(C(=O)O)CC(O)C3O)c2c1. The first-order valence-corrected chi connectivity index (χ1v) is 9.77. The van der Waals surface area contributed by atoms with Crippen molar-refractivity contribution in [3.05, 3.63) is 45.6 Å². The minimum Gasteiger partial charge on any atom is -0.504 e. The van der Waals surface area contributed by atoms with E-state index in [1.165, 1.54) is 12.1 Å². The number of carbonyl (C=O) groups is 2. The lowest BCUT2D eigenvalue weighted by Crippen LogP contribution is -2.57. The molecule has 176 valence electrons. The summed E-state index contributed by atoms with van der Waals surface area (Å²) in [4.78, 5) is 36.0. The Morgan fingerprint density at radius 3 is 2.39 bits per heavy atom. The Morgan fingerprint density at radius 1 is 1.09 bits per heavy atom. The Kier molecular flexibility index (Phi) is 6.32. The molecule has 11 heteroatoms. The molecule has 0 amide bonds. The number of carbonyl (C=O) groups excluding carboxylic acids is 1. The maximum absolute atomic E-state index is 12.4. The number of aliphatic hydroxyl groups is 3. The van der Waals surface area contributed by atoms with E-state index in [0.29, 0.717) is 5.56 Å². The highest BCUT2D eigenvalue weighted by Gasteiger charge is 2.50. The van der Waals surface area contributed by atoms with Gasteiger partial charge in [0.25, 0.3) is 0 Å². The predicted molar refractivity (Wildman–Crippen MR) is 113 cm³/mol. The molecule has 0 radical (unpaired) electrons. The van der Waals surface area contributed by atoms with Crippen molar-refractivity contribution < 1.29 is 50.1 Å². The number of phenolic OH excluding ortho intramolecular Hbond substituents is 2. The van der Waals surface area contributed by atoms with Gasteiger partial charge in [-0.3, -0.25) is 4.79 Å². The number of hydrogen-bond donors (Lipinski definition) is 7. The third-order valence-electron chi connectivity index (χ3n) is 5.47. The smallest absolute Gasteiger partial charge is 0.335 e. The second kappa shape index (κ2) is 8.70. The summed E-state index contributed by atoms with van der Waals surface area (Å²) in [5.74, 6) is -4.82. The number of aliphatic hydroxyl groups excluding tert-OH is 2. The van der Waals surface area contributed by atoms with E-state index in [1.807, 2.05) is 0 Å². The van der Waals surface area contributed by atoms with Crippen molar-refractivity contribution in [2.75, 3.05) is 0 Å². The molecule has 2 aromatic carbocycles. The fraction of sp³-hybridized carbons (Fsp3) is 0.318. The topological polar surface area (TPSA) is 202 Å². The van der Waals surface area contributed by atoms with Gasteiger partial charge in [0, 0.05) is 18.9 Å². The van der Waals surface area contributed by atoms with E-state index in [9.17, 15) is 45.0 Å². The van der Waals surface area contributed by atoms with E-state index >= 15 is 0 Å². The number of carboxylic acid groups (broad SMARTS) is 1. The van der Waals surface area contributed by atoms with Crippen molar-refractivity contribution in [1.29, 1.82) is 0 Å². The van der Waals surface area contributed by atoms with E-state index in [4.69, 9.17) is 9.84 Å². The molecule has 4 unspecified atom stereocenters. The summed E-state index contributed by atoms with van der Waals surface area (Å²) >= 11 is 0. The molecule has 33 heavy (non-hydrogen) atoms. The molecule has 3 rings (SSSR count). The number of rotatable bonds is 4. The van der Waals surface area contributed by atoms with E-state index in [-0.39, 0.29) is 16.3 Å². The Bertz CT molecular complexity index is 1220. The summed E-state index contributed by atoms with van der Waals surface area (Å²) < 4.78 is 5.02. The van der Waals surface area contributed by atoms with Crippen LogP contribution in [0.2, 0.25) is 0 Å². The minimum absolute atomic E-state index is 0.0966. The number of fused-ring (bicyclic) bond motifs is 1. The van der Waals surface area contributed by atoms with Crippen LogP contribution in [0.1, 0.15) is 24.0 Å². The number of esters is 1. The van der Waals surface area contributed by atoms with Crippen LogP contribution >= 0.6 is 0 Å². The molecule has 0 spiro atoms. The highest BCUT2D eigenvalue weighted by Crippen LogP contribution is 2.36. The average molecular weight is 462 g/mol. The molecule has 0 saturated heterocycles. The van der Waals surface area contributed by atoms with Crippen molar-refractivity contribution in [1.82, 2.24) is 0 Å². The van der Waals surface area contributed by atoms with Gasteiger partial charge < -0.3 is 40.5 Å². The third-order valence-corrected chi connectivity index (χ3v) is 5.47. The van der Waals surface area contributed by atoms with Gasteiger partial charge in [0.15, 0.2) is 22.8 Å². The van der Waals surface area contributed by atoms with Crippen LogP contribution < -0.4 is 5.43 Å². The Balaban J connectivity index is 1.95. The normalized spacial score (nSPS) is 25.3. The van der Waals surface area contributed by atoms with E-state index in [0.717, 1.165) is 18.2 Å². The summed E-state index contributed by atoms with van der Waals surface area (Å²) in [6.45, 7) is 1.57. The van der Waals surface area contributed by atoms with E-state index in [2.05, 4.69) is 0 Å². The molecule has 0 aliphatic heterocycles. The summed E-state index contributed by atoms with van der Waals surface area (Å²) in [6, 6.07) is 3.68. The largest absolute Gasteiger partial charge is 0.504 e. The van der Waals surface area contributed by atoms with Crippen LogP contribution in [-0.2, 0) is 14.3 Å². The van der Waals surface area contributed by atoms with Gasteiger partial charge in [-0.1, -0.05) is 6.07 Å². The first-order chi connectivity index (χ1) is 15.3. The van der Waals surface area contributed by atoms with Crippen LogP contribution in [0.5, 0.6) is 17.2 Å². The van der Waals surface area contributed by atoms with Crippen molar-refractivity contribution >= 4 is 28.8 Å². The Hall–Kier alpha value is -3.67. The number of hydrogen-bond acceptors (Lipinski definition) is 10. The zero-order valence-corrected chi connectivity index (χ0v) is 17.3. The standard InChI is InChI=1S/C22H22O11/c1-9-4-11-10(6-13(24)20(29)17(11)19(28)12(23)5-9)2-3-16(26)33-15-8-22(32,21(30)31)7-14(25)18(15)27/h2-6,14-15,18,24-25,27,29,32H,7-8H2,1H3,(H,23,28)(H,30,31)/b3-2+. The van der Waals surface area contributed by atoms with Crippen molar-refractivity contribution in [2.24, 2.45) is 0 Å². The molecule has 1 fully saturated rings. The molecular weight excluding hydrogens is 440 g/mol. The highest BCUT2D eigenvalue weighted by atomic mass is 16.6. The fourth-order valence-electron chi connectivity index (χ4n) is 3.78. The number of aryl methyl sites for hydroxylation is 1. The molecule has 0 aromatic heterocycles. The molecule has 2 aromatic rings. The van der Waals surface area contributed by atoms with Gasteiger partial charge in [-0.25, -0.2) is 9.59 Å². The van der Waals surface area contributed by atoms with Crippen LogP contribution in [0.25, 0.3) is 16.8 Å². The van der Waals surface area contributed by atoms with Gasteiger partial charge >= 0.3 is 11.9 Å². The zero-order valence-electron chi connectivity index (χ0n) is 17.3. The van der Waals surface area contributed by atoms with E-state index < -0.39 is 71.4 Å². The van der Waals surface area contributed by atoms with Gasteiger partial charge in [0.05, 0.1) is 11.5 Å². The van der Waals surface area contributed by atoms with Crippen LogP contribution in [0.15, 0.2) is 29.1 Å². The molecular formula is C22H22O11. The molecule has 1 aliphatic carbocycles. The lowest BCUT2D eigenvalue weighted by molar-refractivity contribution is -0.196. The fourth-order valence-corrected chi connectivity index (χ4v) is 3.78. The van der Waals surface area contributed by atoms with Crippen LogP contribution in [0.3, 0.4) is 0 Å². The summed E-state index contributed by atoms with van der Waals surface area (Å²) in [5.41, 5.74) is -2.81. The summed E-state index contributed by atoms with van der Waals surface area (Å²) in [5, 5.41) is 68.9. The second-order valence-corrected chi connectivity index (χ2v) is 7.98. The first-order valence-electron chi connectivity index (χ1n) is 9.77. The molecule has 0 heterocycles. The van der Waals surface area contributed by atoms with Crippen LogP contribution in [0.4, 0.5) is 0 Å². The predicted octanol–water partition coefficient (Wildman–Crippen LogP) is -0.118. The van der Waals surface area contributed by atoms with E-state index in [1.54, 1.807) is 6.92 Å². The number of aromatic hydroxyl groups is 3. The van der Waals surface area contributed by atoms with Gasteiger partial charge in [-0.2, -0.15) is 0 Å². The number of aliphatic carboxylic acids is 1. The zero-order chi connectivity index (χ0) is 24.7. The number of ether oxygens (including phenoxy) is 1. The van der Waals surface area contributed by atoms with Gasteiger partial charge in [-0.05, 0) is 41.6 Å². The van der Waals surface area contributed by atoms with Crippen molar-refractivity contribution in [3.8, 4) is 17.2 Å². The molecule has 11 nitrogen and oxygen atoms in total.